The van der Waals surface area contributed by atoms with E-state index in [4.69, 9.17) is 0 Å². The standard InChI is InChI=1S/C9H18O/c1-7(2)5-6-9(10)8(3)4/h5-10H,1-4H3/b6-5+. The molecule has 1 nitrogen and oxygen atoms in total. The van der Waals surface area contributed by atoms with Crippen LogP contribution >= 0.6 is 0 Å². The number of hydrogen-bond donors (Lipinski definition) is 1. The first-order valence-corrected chi connectivity index (χ1v) is 3.90. The molecule has 60 valence electrons. The highest BCUT2D eigenvalue weighted by molar-refractivity contribution is 4.91. The molecule has 1 heteroatoms. The molecule has 0 saturated carbocycles. The Labute approximate surface area is 63.8 Å². The Morgan fingerprint density at radius 3 is 1.80 bits per heavy atom. The van der Waals surface area contributed by atoms with E-state index in [-0.39, 0.29) is 6.10 Å². The Balaban J connectivity index is 3.66. The molecule has 0 rings (SSSR count). The predicted molar refractivity (Wildman–Crippen MR) is 44.8 cm³/mol. The summed E-state index contributed by atoms with van der Waals surface area (Å²) in [5.41, 5.74) is 0. The van der Waals surface area contributed by atoms with Gasteiger partial charge in [0.1, 0.15) is 0 Å². The molecule has 0 aromatic heterocycles. The van der Waals surface area contributed by atoms with Gasteiger partial charge in [0.15, 0.2) is 0 Å². The van der Waals surface area contributed by atoms with Crippen molar-refractivity contribution in [2.24, 2.45) is 11.8 Å². The van der Waals surface area contributed by atoms with E-state index < -0.39 is 0 Å². The van der Waals surface area contributed by atoms with Crippen LogP contribution in [0.25, 0.3) is 0 Å². The van der Waals surface area contributed by atoms with Crippen LogP contribution in [0.3, 0.4) is 0 Å². The Morgan fingerprint density at radius 2 is 1.50 bits per heavy atom. The first kappa shape index (κ1) is 9.70. The molecule has 1 unspecified atom stereocenters. The molecule has 0 heterocycles. The molecular formula is C9H18O. The van der Waals surface area contributed by atoms with Gasteiger partial charge in [-0.2, -0.15) is 0 Å². The zero-order valence-corrected chi connectivity index (χ0v) is 7.33. The maximum absolute atomic E-state index is 9.29. The van der Waals surface area contributed by atoms with Crippen molar-refractivity contribution in [1.82, 2.24) is 0 Å². The van der Waals surface area contributed by atoms with E-state index in [2.05, 4.69) is 13.8 Å². The minimum absolute atomic E-state index is 0.276. The smallest absolute Gasteiger partial charge is 0.0743 e. The molecule has 0 aromatic rings. The third-order valence-corrected chi connectivity index (χ3v) is 1.38. The van der Waals surface area contributed by atoms with Gasteiger partial charge in [0.2, 0.25) is 0 Å². The van der Waals surface area contributed by atoms with Crippen LogP contribution in [0.5, 0.6) is 0 Å². The van der Waals surface area contributed by atoms with E-state index in [0.717, 1.165) is 0 Å². The summed E-state index contributed by atoms with van der Waals surface area (Å²) in [6, 6.07) is 0. The van der Waals surface area contributed by atoms with Gasteiger partial charge in [-0.1, -0.05) is 39.8 Å². The van der Waals surface area contributed by atoms with Gasteiger partial charge >= 0.3 is 0 Å². The monoisotopic (exact) mass is 142 g/mol. The fourth-order valence-electron chi connectivity index (χ4n) is 0.558. The van der Waals surface area contributed by atoms with Crippen molar-refractivity contribution in [3.8, 4) is 0 Å². The normalized spacial score (nSPS) is 15.5. The lowest BCUT2D eigenvalue weighted by Gasteiger charge is -2.08. The highest BCUT2D eigenvalue weighted by atomic mass is 16.3. The van der Waals surface area contributed by atoms with E-state index in [1.165, 1.54) is 0 Å². The number of rotatable bonds is 3. The van der Waals surface area contributed by atoms with E-state index >= 15 is 0 Å². The second kappa shape index (κ2) is 4.51. The Kier molecular flexibility index (Phi) is 4.37. The van der Waals surface area contributed by atoms with Gasteiger partial charge in [-0.3, -0.25) is 0 Å². The van der Waals surface area contributed by atoms with E-state index in [0.29, 0.717) is 11.8 Å². The van der Waals surface area contributed by atoms with Crippen molar-refractivity contribution < 1.29 is 5.11 Å². The topological polar surface area (TPSA) is 20.2 Å². The molecule has 0 aliphatic carbocycles. The maximum atomic E-state index is 9.29. The lowest BCUT2D eigenvalue weighted by molar-refractivity contribution is 0.171. The average Bonchev–Trinajstić information content (AvgIpc) is 1.82. The maximum Gasteiger partial charge on any atom is 0.0743 e. The third-order valence-electron chi connectivity index (χ3n) is 1.38. The molecule has 0 aliphatic heterocycles. The number of aliphatic hydroxyl groups excluding tert-OH is 1. The summed E-state index contributed by atoms with van der Waals surface area (Å²) in [5, 5.41) is 9.29. The van der Waals surface area contributed by atoms with Gasteiger partial charge in [0.05, 0.1) is 6.10 Å². The second-order valence-electron chi connectivity index (χ2n) is 3.36. The lowest BCUT2D eigenvalue weighted by atomic mass is 10.1. The summed E-state index contributed by atoms with van der Waals surface area (Å²) in [6.07, 6.45) is 3.63. The Bertz CT molecular complexity index is 103. The summed E-state index contributed by atoms with van der Waals surface area (Å²) in [7, 11) is 0. The number of allylic oxidation sites excluding steroid dienone is 1. The zero-order valence-electron chi connectivity index (χ0n) is 7.33. The summed E-state index contributed by atoms with van der Waals surface area (Å²) in [4.78, 5) is 0. The van der Waals surface area contributed by atoms with Crippen molar-refractivity contribution in [3.05, 3.63) is 12.2 Å². The first-order chi connectivity index (χ1) is 4.54. The largest absolute Gasteiger partial charge is 0.389 e. The van der Waals surface area contributed by atoms with Crippen molar-refractivity contribution in [3.63, 3.8) is 0 Å². The molecule has 0 saturated heterocycles. The van der Waals surface area contributed by atoms with Gasteiger partial charge in [-0.05, 0) is 11.8 Å². The minimum atomic E-state index is -0.276. The fraction of sp³-hybridized carbons (Fsp3) is 0.778. The van der Waals surface area contributed by atoms with E-state index in [9.17, 15) is 5.11 Å². The number of aliphatic hydroxyl groups is 1. The van der Waals surface area contributed by atoms with Gasteiger partial charge in [-0.25, -0.2) is 0 Å². The van der Waals surface area contributed by atoms with Crippen LogP contribution in [0.15, 0.2) is 12.2 Å². The van der Waals surface area contributed by atoms with Crippen LogP contribution in [0.4, 0.5) is 0 Å². The molecule has 0 bridgehead atoms. The molecule has 1 N–H and O–H groups in total. The highest BCUT2D eigenvalue weighted by Crippen LogP contribution is 2.04. The minimum Gasteiger partial charge on any atom is -0.389 e. The zero-order chi connectivity index (χ0) is 8.15. The molecule has 0 radical (unpaired) electrons. The SMILES string of the molecule is CC(C)/C=C/C(O)C(C)C. The average molecular weight is 142 g/mol. The molecule has 0 amide bonds. The van der Waals surface area contributed by atoms with E-state index in [1.807, 2.05) is 26.0 Å². The molecule has 0 aromatic carbocycles. The molecular weight excluding hydrogens is 124 g/mol. The third kappa shape index (κ3) is 4.57. The van der Waals surface area contributed by atoms with E-state index in [1.54, 1.807) is 0 Å². The van der Waals surface area contributed by atoms with Crippen LogP contribution in [0.1, 0.15) is 27.7 Å². The van der Waals surface area contributed by atoms with Crippen molar-refractivity contribution >= 4 is 0 Å². The Hall–Kier alpha value is -0.300. The number of hydrogen-bond acceptors (Lipinski definition) is 1. The molecule has 0 spiro atoms. The molecule has 10 heavy (non-hydrogen) atoms. The lowest BCUT2D eigenvalue weighted by Crippen LogP contribution is -2.10. The van der Waals surface area contributed by atoms with Crippen LogP contribution in [0, 0.1) is 11.8 Å². The summed E-state index contributed by atoms with van der Waals surface area (Å²) in [5.74, 6) is 0.864. The van der Waals surface area contributed by atoms with Crippen molar-refractivity contribution in [2.75, 3.05) is 0 Å². The highest BCUT2D eigenvalue weighted by Gasteiger charge is 2.03. The van der Waals surface area contributed by atoms with Crippen LogP contribution in [-0.2, 0) is 0 Å². The van der Waals surface area contributed by atoms with Gasteiger partial charge < -0.3 is 5.11 Å². The first-order valence-electron chi connectivity index (χ1n) is 3.90. The van der Waals surface area contributed by atoms with Crippen molar-refractivity contribution in [2.45, 2.75) is 33.8 Å². The molecule has 1 atom stereocenters. The molecule has 0 aliphatic rings. The predicted octanol–water partition coefficient (Wildman–Crippen LogP) is 2.22. The fourth-order valence-corrected chi connectivity index (χ4v) is 0.558. The second-order valence-corrected chi connectivity index (χ2v) is 3.36. The van der Waals surface area contributed by atoms with Gasteiger partial charge in [0, 0.05) is 0 Å². The summed E-state index contributed by atoms with van der Waals surface area (Å²) >= 11 is 0. The summed E-state index contributed by atoms with van der Waals surface area (Å²) < 4.78 is 0. The molecule has 0 fully saturated rings. The summed E-state index contributed by atoms with van der Waals surface area (Å²) in [6.45, 7) is 8.22. The van der Waals surface area contributed by atoms with Gasteiger partial charge in [0.25, 0.3) is 0 Å². The van der Waals surface area contributed by atoms with Crippen molar-refractivity contribution in [1.29, 1.82) is 0 Å². The van der Waals surface area contributed by atoms with Crippen LogP contribution < -0.4 is 0 Å². The van der Waals surface area contributed by atoms with Crippen LogP contribution in [-0.4, -0.2) is 11.2 Å². The quantitative estimate of drug-likeness (QED) is 0.599. The Morgan fingerprint density at radius 1 is 1.00 bits per heavy atom. The van der Waals surface area contributed by atoms with Crippen LogP contribution in [0.2, 0.25) is 0 Å². The van der Waals surface area contributed by atoms with Gasteiger partial charge in [-0.15, -0.1) is 0 Å².